The molecule has 0 aromatic rings. The quantitative estimate of drug-likeness (QED) is 0.674. The minimum atomic E-state index is -1.77. The Morgan fingerprint density at radius 1 is 1.62 bits per heavy atom. The van der Waals surface area contributed by atoms with Crippen LogP contribution >= 0.6 is 0 Å². The van der Waals surface area contributed by atoms with Crippen LogP contribution in [0.25, 0.3) is 0 Å². The molecule has 78 valence electrons. The lowest BCUT2D eigenvalue weighted by molar-refractivity contribution is -0.144. The number of rotatable bonds is 4. The van der Waals surface area contributed by atoms with E-state index in [4.69, 9.17) is 9.29 Å². The van der Waals surface area contributed by atoms with Crippen molar-refractivity contribution in [3.05, 3.63) is 0 Å². The van der Waals surface area contributed by atoms with Crippen LogP contribution < -0.4 is 0 Å². The van der Waals surface area contributed by atoms with Crippen LogP contribution in [-0.4, -0.2) is 51.3 Å². The van der Waals surface area contributed by atoms with Gasteiger partial charge in [-0.2, -0.15) is 0 Å². The molecule has 5 heteroatoms. The van der Waals surface area contributed by atoms with Crippen LogP contribution in [0.3, 0.4) is 0 Å². The SMILES string of the molecule is CC(C)OC1(CS(=O)O)CN(C)C1. The number of likely N-dealkylation sites (N-methyl/N-ethyl adjacent to an activating group) is 1. The van der Waals surface area contributed by atoms with Crippen LogP contribution in [0.5, 0.6) is 0 Å². The van der Waals surface area contributed by atoms with E-state index < -0.39 is 11.1 Å². The fraction of sp³-hybridized carbons (Fsp3) is 1.00. The van der Waals surface area contributed by atoms with E-state index in [9.17, 15) is 4.21 Å². The normalized spacial score (nSPS) is 24.4. The molecular formula is C8H17NO3S. The Kier molecular flexibility index (Phi) is 3.45. The van der Waals surface area contributed by atoms with Gasteiger partial charge in [-0.05, 0) is 20.9 Å². The summed E-state index contributed by atoms with van der Waals surface area (Å²) in [4.78, 5) is 2.08. The Hall–Kier alpha value is 0.0300. The lowest BCUT2D eigenvalue weighted by Crippen LogP contribution is -2.65. The molecule has 0 bridgehead atoms. The van der Waals surface area contributed by atoms with Gasteiger partial charge in [-0.3, -0.25) is 0 Å². The van der Waals surface area contributed by atoms with Crippen LogP contribution in [0.4, 0.5) is 0 Å². The molecule has 1 heterocycles. The third-order valence-electron chi connectivity index (χ3n) is 1.99. The maximum absolute atomic E-state index is 10.7. The predicted molar refractivity (Wildman–Crippen MR) is 52.1 cm³/mol. The van der Waals surface area contributed by atoms with E-state index in [2.05, 4.69) is 4.90 Å². The highest BCUT2D eigenvalue weighted by atomic mass is 32.2. The summed E-state index contributed by atoms with van der Waals surface area (Å²) in [6.45, 7) is 5.38. The molecule has 0 aromatic heterocycles. The first-order chi connectivity index (χ1) is 5.93. The van der Waals surface area contributed by atoms with Gasteiger partial charge >= 0.3 is 0 Å². The Labute approximate surface area is 81.5 Å². The monoisotopic (exact) mass is 207 g/mol. The lowest BCUT2D eigenvalue weighted by atomic mass is 9.97. The minimum absolute atomic E-state index is 0.109. The summed E-state index contributed by atoms with van der Waals surface area (Å²) in [5.41, 5.74) is -0.386. The molecule has 1 saturated heterocycles. The Morgan fingerprint density at radius 3 is 2.46 bits per heavy atom. The number of hydrogen-bond acceptors (Lipinski definition) is 3. The fourth-order valence-electron chi connectivity index (χ4n) is 1.86. The number of likely N-dealkylation sites (tertiary alicyclic amines) is 1. The molecule has 1 unspecified atom stereocenters. The van der Waals surface area contributed by atoms with Crippen LogP contribution in [-0.2, 0) is 15.8 Å². The first-order valence-corrected chi connectivity index (χ1v) is 5.65. The maximum Gasteiger partial charge on any atom is 0.155 e. The summed E-state index contributed by atoms with van der Waals surface area (Å²) >= 11 is -1.77. The summed E-state index contributed by atoms with van der Waals surface area (Å²) in [5.74, 6) is 0.218. The Morgan fingerprint density at radius 2 is 2.15 bits per heavy atom. The summed E-state index contributed by atoms with van der Waals surface area (Å²) in [6.07, 6.45) is 0.109. The second kappa shape index (κ2) is 4.04. The standard InChI is InChI=1S/C8H17NO3S/c1-7(2)12-8(6-13(10)11)4-9(3)5-8/h7H,4-6H2,1-3H3,(H,10,11). The van der Waals surface area contributed by atoms with Gasteiger partial charge in [-0.15, -0.1) is 0 Å². The van der Waals surface area contributed by atoms with Crippen molar-refractivity contribution in [1.29, 1.82) is 0 Å². The molecule has 13 heavy (non-hydrogen) atoms. The van der Waals surface area contributed by atoms with Crippen LogP contribution in [0, 0.1) is 0 Å². The third kappa shape index (κ3) is 3.02. The van der Waals surface area contributed by atoms with Gasteiger partial charge in [0.1, 0.15) is 5.60 Å². The number of hydrogen-bond donors (Lipinski definition) is 1. The van der Waals surface area contributed by atoms with E-state index in [1.54, 1.807) is 0 Å². The van der Waals surface area contributed by atoms with Gasteiger partial charge in [-0.1, -0.05) is 0 Å². The third-order valence-corrected chi connectivity index (χ3v) is 2.76. The average Bonchev–Trinajstić information content (AvgIpc) is 1.79. The van der Waals surface area contributed by atoms with Gasteiger partial charge in [0.15, 0.2) is 11.1 Å². The van der Waals surface area contributed by atoms with Crippen LogP contribution in [0.15, 0.2) is 0 Å². The highest BCUT2D eigenvalue weighted by Gasteiger charge is 2.44. The highest BCUT2D eigenvalue weighted by Crippen LogP contribution is 2.26. The zero-order chi connectivity index (χ0) is 10.1. The maximum atomic E-state index is 10.7. The van der Waals surface area contributed by atoms with Gasteiger partial charge < -0.3 is 14.2 Å². The smallest absolute Gasteiger partial charge is 0.155 e. The van der Waals surface area contributed by atoms with Crippen LogP contribution in [0.1, 0.15) is 13.8 Å². The molecule has 0 radical (unpaired) electrons. The Balaban J connectivity index is 2.50. The summed E-state index contributed by atoms with van der Waals surface area (Å²) < 4.78 is 25.2. The summed E-state index contributed by atoms with van der Waals surface area (Å²) in [7, 11) is 1.97. The summed E-state index contributed by atoms with van der Waals surface area (Å²) in [6, 6.07) is 0. The van der Waals surface area contributed by atoms with Gasteiger partial charge in [0, 0.05) is 13.1 Å². The molecule has 0 spiro atoms. The Bertz CT molecular complexity index is 202. The second-order valence-corrected chi connectivity index (χ2v) is 4.92. The number of nitrogens with zero attached hydrogens (tertiary/aromatic N) is 1. The van der Waals surface area contributed by atoms with Crippen molar-refractivity contribution in [2.75, 3.05) is 25.9 Å². The molecule has 1 aliphatic heterocycles. The molecule has 4 nitrogen and oxygen atoms in total. The molecule has 0 aromatic carbocycles. The molecular weight excluding hydrogens is 190 g/mol. The predicted octanol–water partition coefficient (Wildman–Crippen LogP) is 0.317. The van der Waals surface area contributed by atoms with E-state index in [1.165, 1.54) is 0 Å². The van der Waals surface area contributed by atoms with Gasteiger partial charge in [0.25, 0.3) is 0 Å². The highest BCUT2D eigenvalue weighted by molar-refractivity contribution is 7.79. The number of ether oxygens (including phenoxy) is 1. The van der Waals surface area contributed by atoms with E-state index in [-0.39, 0.29) is 17.5 Å². The van der Waals surface area contributed by atoms with Gasteiger partial charge in [0.2, 0.25) is 0 Å². The van der Waals surface area contributed by atoms with E-state index in [0.717, 1.165) is 13.1 Å². The molecule has 1 fully saturated rings. The molecule has 0 saturated carbocycles. The van der Waals surface area contributed by atoms with Crippen LogP contribution in [0.2, 0.25) is 0 Å². The lowest BCUT2D eigenvalue weighted by Gasteiger charge is -2.48. The van der Waals surface area contributed by atoms with Crippen molar-refractivity contribution in [3.8, 4) is 0 Å². The molecule has 0 amide bonds. The van der Waals surface area contributed by atoms with E-state index >= 15 is 0 Å². The zero-order valence-corrected chi connectivity index (χ0v) is 9.13. The van der Waals surface area contributed by atoms with Crippen molar-refractivity contribution < 1.29 is 13.5 Å². The van der Waals surface area contributed by atoms with E-state index in [1.807, 2.05) is 20.9 Å². The topological polar surface area (TPSA) is 49.8 Å². The molecule has 1 N–H and O–H groups in total. The average molecular weight is 207 g/mol. The van der Waals surface area contributed by atoms with Crippen molar-refractivity contribution in [3.63, 3.8) is 0 Å². The summed E-state index contributed by atoms with van der Waals surface area (Å²) in [5, 5.41) is 0. The van der Waals surface area contributed by atoms with Gasteiger partial charge in [-0.25, -0.2) is 4.21 Å². The minimum Gasteiger partial charge on any atom is -0.369 e. The van der Waals surface area contributed by atoms with Crippen molar-refractivity contribution in [2.45, 2.75) is 25.6 Å². The molecule has 0 aliphatic carbocycles. The van der Waals surface area contributed by atoms with E-state index in [0.29, 0.717) is 0 Å². The zero-order valence-electron chi connectivity index (χ0n) is 8.32. The van der Waals surface area contributed by atoms with Crippen molar-refractivity contribution in [2.24, 2.45) is 0 Å². The van der Waals surface area contributed by atoms with Crippen molar-refractivity contribution >= 4 is 11.1 Å². The molecule has 1 atom stereocenters. The molecule has 1 aliphatic rings. The van der Waals surface area contributed by atoms with Gasteiger partial charge in [0.05, 0.1) is 11.9 Å². The first kappa shape index (κ1) is 11.1. The second-order valence-electron chi connectivity index (χ2n) is 3.99. The largest absolute Gasteiger partial charge is 0.369 e. The van der Waals surface area contributed by atoms with Crippen molar-refractivity contribution in [1.82, 2.24) is 4.90 Å². The molecule has 1 rings (SSSR count). The fourth-order valence-corrected chi connectivity index (χ4v) is 2.56. The first-order valence-electron chi connectivity index (χ1n) is 4.37.